The summed E-state index contributed by atoms with van der Waals surface area (Å²) >= 11 is 0. The minimum absolute atomic E-state index is 0.429. The zero-order valence-electron chi connectivity index (χ0n) is 12.2. The van der Waals surface area contributed by atoms with Gasteiger partial charge in [0.05, 0.1) is 5.52 Å². The molecule has 0 amide bonds. The van der Waals surface area contributed by atoms with Gasteiger partial charge in [-0.05, 0) is 38.1 Å². The van der Waals surface area contributed by atoms with Crippen LogP contribution in [0.1, 0.15) is 49.9 Å². The minimum Gasteiger partial charge on any atom is -0.313 e. The Morgan fingerprint density at radius 3 is 2.74 bits per heavy atom. The molecule has 2 rings (SSSR count). The zero-order chi connectivity index (χ0) is 13.7. The number of benzene rings is 1. The van der Waals surface area contributed by atoms with E-state index in [1.165, 1.54) is 36.6 Å². The fourth-order valence-corrected chi connectivity index (χ4v) is 2.68. The molecule has 2 heteroatoms. The summed E-state index contributed by atoms with van der Waals surface area (Å²) in [6, 6.07) is 11.1. The van der Waals surface area contributed by atoms with E-state index >= 15 is 0 Å². The molecule has 0 aliphatic carbocycles. The first kappa shape index (κ1) is 14.0. The molecular weight excluding hydrogens is 232 g/mol. The molecule has 1 aromatic heterocycles. The average molecular weight is 256 g/mol. The standard InChI is InChI=1S/C17H24N2/c1-4-5-6-10-16(18-3)15-12-13(2)19-17-11-8-7-9-14(15)17/h7-9,11-12,16,18H,4-6,10H2,1-3H3. The SMILES string of the molecule is CCCCCC(NC)c1cc(C)nc2ccccc12. The third-order valence-electron chi connectivity index (χ3n) is 3.70. The number of aromatic nitrogens is 1. The largest absolute Gasteiger partial charge is 0.313 e. The quantitative estimate of drug-likeness (QED) is 0.776. The van der Waals surface area contributed by atoms with Crippen molar-refractivity contribution in [3.05, 3.63) is 41.6 Å². The Hall–Kier alpha value is -1.41. The smallest absolute Gasteiger partial charge is 0.0708 e. The summed E-state index contributed by atoms with van der Waals surface area (Å²) < 4.78 is 0. The first-order valence-corrected chi connectivity index (χ1v) is 7.29. The van der Waals surface area contributed by atoms with E-state index in [0.717, 1.165) is 11.2 Å². The van der Waals surface area contributed by atoms with Crippen molar-refractivity contribution in [3.8, 4) is 0 Å². The van der Waals surface area contributed by atoms with Crippen molar-refractivity contribution < 1.29 is 0 Å². The lowest BCUT2D eigenvalue weighted by molar-refractivity contribution is 0.514. The van der Waals surface area contributed by atoms with Gasteiger partial charge in [-0.15, -0.1) is 0 Å². The number of unbranched alkanes of at least 4 members (excludes halogenated alkanes) is 2. The molecule has 1 atom stereocenters. The molecule has 2 nitrogen and oxygen atoms in total. The topological polar surface area (TPSA) is 24.9 Å². The van der Waals surface area contributed by atoms with E-state index in [9.17, 15) is 0 Å². The molecule has 0 spiro atoms. The molecule has 0 fully saturated rings. The first-order chi connectivity index (χ1) is 9.26. The fraction of sp³-hybridized carbons (Fsp3) is 0.471. The molecule has 1 aromatic carbocycles. The molecule has 0 radical (unpaired) electrons. The Labute approximate surface area is 116 Å². The number of nitrogens with one attached hydrogen (secondary N) is 1. The van der Waals surface area contributed by atoms with Crippen molar-refractivity contribution in [2.45, 2.75) is 45.6 Å². The third-order valence-corrected chi connectivity index (χ3v) is 3.70. The molecule has 1 unspecified atom stereocenters. The van der Waals surface area contributed by atoms with Crippen LogP contribution in [0.2, 0.25) is 0 Å². The van der Waals surface area contributed by atoms with Crippen LogP contribution in [-0.2, 0) is 0 Å². The predicted octanol–water partition coefficient (Wildman–Crippen LogP) is 4.38. The van der Waals surface area contributed by atoms with E-state index < -0.39 is 0 Å². The number of nitrogens with zero attached hydrogens (tertiary/aromatic N) is 1. The van der Waals surface area contributed by atoms with Gasteiger partial charge < -0.3 is 5.32 Å². The maximum atomic E-state index is 4.62. The van der Waals surface area contributed by atoms with E-state index in [1.54, 1.807) is 0 Å². The summed E-state index contributed by atoms with van der Waals surface area (Å²) in [6.45, 7) is 4.33. The van der Waals surface area contributed by atoms with Crippen LogP contribution in [0.4, 0.5) is 0 Å². The average Bonchev–Trinajstić information content (AvgIpc) is 2.43. The van der Waals surface area contributed by atoms with Gasteiger partial charge in [0.2, 0.25) is 0 Å². The lowest BCUT2D eigenvalue weighted by Gasteiger charge is -2.19. The van der Waals surface area contributed by atoms with Gasteiger partial charge in [0.15, 0.2) is 0 Å². The van der Waals surface area contributed by atoms with Crippen LogP contribution in [-0.4, -0.2) is 12.0 Å². The lowest BCUT2D eigenvalue weighted by atomic mass is 9.96. The normalized spacial score (nSPS) is 12.8. The second-order valence-electron chi connectivity index (χ2n) is 5.21. The van der Waals surface area contributed by atoms with Crippen molar-refractivity contribution in [1.29, 1.82) is 0 Å². The highest BCUT2D eigenvalue weighted by Gasteiger charge is 2.13. The Kier molecular flexibility index (Phi) is 4.92. The van der Waals surface area contributed by atoms with Crippen molar-refractivity contribution in [1.82, 2.24) is 10.3 Å². The summed E-state index contributed by atoms with van der Waals surface area (Å²) in [4.78, 5) is 4.62. The Morgan fingerprint density at radius 1 is 1.21 bits per heavy atom. The van der Waals surface area contributed by atoms with E-state index in [0.29, 0.717) is 6.04 Å². The lowest BCUT2D eigenvalue weighted by Crippen LogP contribution is -2.17. The molecule has 19 heavy (non-hydrogen) atoms. The molecular formula is C17H24N2. The van der Waals surface area contributed by atoms with Gasteiger partial charge >= 0.3 is 0 Å². The van der Waals surface area contributed by atoms with Gasteiger partial charge in [-0.3, -0.25) is 4.98 Å². The number of hydrogen-bond donors (Lipinski definition) is 1. The molecule has 102 valence electrons. The summed E-state index contributed by atoms with van der Waals surface area (Å²) in [6.07, 6.45) is 5.04. The highest BCUT2D eigenvalue weighted by Crippen LogP contribution is 2.27. The zero-order valence-corrected chi connectivity index (χ0v) is 12.2. The number of aryl methyl sites for hydroxylation is 1. The summed E-state index contributed by atoms with van der Waals surface area (Å²) in [5.74, 6) is 0. The molecule has 1 N–H and O–H groups in total. The van der Waals surface area contributed by atoms with Gasteiger partial charge in [-0.1, -0.05) is 44.4 Å². The number of pyridine rings is 1. The highest BCUT2D eigenvalue weighted by atomic mass is 14.9. The van der Waals surface area contributed by atoms with E-state index in [4.69, 9.17) is 0 Å². The van der Waals surface area contributed by atoms with Crippen LogP contribution in [0.5, 0.6) is 0 Å². The van der Waals surface area contributed by atoms with Crippen molar-refractivity contribution >= 4 is 10.9 Å². The maximum absolute atomic E-state index is 4.62. The van der Waals surface area contributed by atoms with E-state index in [1.807, 2.05) is 0 Å². The number of rotatable bonds is 6. The molecule has 0 aliphatic heterocycles. The molecule has 0 saturated carbocycles. The van der Waals surface area contributed by atoms with Crippen LogP contribution in [0.3, 0.4) is 0 Å². The second-order valence-corrected chi connectivity index (χ2v) is 5.21. The first-order valence-electron chi connectivity index (χ1n) is 7.29. The van der Waals surface area contributed by atoms with Crippen LogP contribution in [0.15, 0.2) is 30.3 Å². The minimum atomic E-state index is 0.429. The van der Waals surface area contributed by atoms with Crippen LogP contribution in [0, 0.1) is 6.92 Å². The van der Waals surface area contributed by atoms with Crippen LogP contribution < -0.4 is 5.32 Å². The number of hydrogen-bond acceptors (Lipinski definition) is 2. The molecule has 2 aromatic rings. The van der Waals surface area contributed by atoms with Crippen LogP contribution in [0.25, 0.3) is 10.9 Å². The van der Waals surface area contributed by atoms with Gasteiger partial charge in [-0.25, -0.2) is 0 Å². The van der Waals surface area contributed by atoms with Crippen molar-refractivity contribution in [2.24, 2.45) is 0 Å². The third kappa shape index (κ3) is 3.32. The van der Waals surface area contributed by atoms with Gasteiger partial charge in [-0.2, -0.15) is 0 Å². The number of para-hydroxylation sites is 1. The van der Waals surface area contributed by atoms with Crippen LogP contribution >= 0.6 is 0 Å². The molecule has 1 heterocycles. The Morgan fingerprint density at radius 2 is 2.00 bits per heavy atom. The summed E-state index contributed by atoms with van der Waals surface area (Å²) in [5, 5.41) is 4.75. The fourth-order valence-electron chi connectivity index (χ4n) is 2.68. The second kappa shape index (κ2) is 6.67. The Balaban J connectivity index is 2.35. The van der Waals surface area contributed by atoms with Crippen molar-refractivity contribution in [2.75, 3.05) is 7.05 Å². The molecule has 0 bridgehead atoms. The molecule has 0 saturated heterocycles. The van der Waals surface area contributed by atoms with E-state index in [2.05, 4.69) is 61.5 Å². The predicted molar refractivity (Wildman–Crippen MR) is 82.4 cm³/mol. The molecule has 0 aliphatic rings. The Bertz CT molecular complexity index is 534. The van der Waals surface area contributed by atoms with Gasteiger partial charge in [0.1, 0.15) is 0 Å². The summed E-state index contributed by atoms with van der Waals surface area (Å²) in [7, 11) is 2.06. The number of fused-ring (bicyclic) bond motifs is 1. The summed E-state index contributed by atoms with van der Waals surface area (Å²) in [5.41, 5.74) is 3.60. The van der Waals surface area contributed by atoms with Gasteiger partial charge in [0.25, 0.3) is 0 Å². The van der Waals surface area contributed by atoms with Gasteiger partial charge in [0, 0.05) is 17.1 Å². The highest BCUT2D eigenvalue weighted by molar-refractivity contribution is 5.82. The monoisotopic (exact) mass is 256 g/mol. The van der Waals surface area contributed by atoms with E-state index in [-0.39, 0.29) is 0 Å². The van der Waals surface area contributed by atoms with Crippen molar-refractivity contribution in [3.63, 3.8) is 0 Å². The maximum Gasteiger partial charge on any atom is 0.0708 e.